The third-order valence-corrected chi connectivity index (χ3v) is 4.80. The van der Waals surface area contributed by atoms with E-state index in [4.69, 9.17) is 15.3 Å². The predicted molar refractivity (Wildman–Crippen MR) is 109 cm³/mol. The van der Waals surface area contributed by atoms with Crippen LogP contribution in [-0.2, 0) is 4.84 Å². The molecule has 0 spiro atoms. The van der Waals surface area contributed by atoms with Crippen molar-refractivity contribution in [3.63, 3.8) is 0 Å². The number of nitrogens with zero attached hydrogens (tertiary/aromatic N) is 2. The number of pyridine rings is 1. The van der Waals surface area contributed by atoms with Crippen molar-refractivity contribution in [2.45, 2.75) is 18.9 Å². The second kappa shape index (κ2) is 9.40. The molecule has 1 amide bonds. The number of hydroxylamine groups is 2. The van der Waals surface area contributed by atoms with E-state index < -0.39 is 17.7 Å². The van der Waals surface area contributed by atoms with Gasteiger partial charge in [-0.05, 0) is 43.2 Å². The number of benzene rings is 1. The Morgan fingerprint density at radius 2 is 1.93 bits per heavy atom. The SMILES string of the molecule is CNC(=O)ON1CCC(Nc2ccc(C(=O)c3cc(F)ccc3OC)c(N)n2)CC1. The van der Waals surface area contributed by atoms with E-state index in [-0.39, 0.29) is 28.7 Å². The number of carbonyl (C=O) groups is 2. The Morgan fingerprint density at radius 3 is 2.57 bits per heavy atom. The Morgan fingerprint density at radius 1 is 1.20 bits per heavy atom. The summed E-state index contributed by atoms with van der Waals surface area (Å²) in [4.78, 5) is 33.5. The minimum absolute atomic E-state index is 0.0386. The molecule has 1 fully saturated rings. The third kappa shape index (κ3) is 4.95. The molecule has 0 bridgehead atoms. The molecule has 2 heterocycles. The van der Waals surface area contributed by atoms with Gasteiger partial charge in [0.05, 0.1) is 18.2 Å². The average Bonchev–Trinajstić information content (AvgIpc) is 2.74. The molecular weight excluding hydrogens is 393 g/mol. The second-order valence-corrected chi connectivity index (χ2v) is 6.78. The maximum absolute atomic E-state index is 13.6. The Bertz CT molecular complexity index is 931. The first-order valence-electron chi connectivity index (χ1n) is 9.47. The number of nitrogen functional groups attached to an aromatic ring is 1. The standard InChI is InChI=1S/C20H24FN5O4/c1-23-20(28)30-26-9-7-13(8-10-26)24-17-6-4-14(19(22)25-17)18(27)15-11-12(21)3-5-16(15)29-2/h3-6,11,13H,7-10H2,1-2H3,(H,23,28)(H3,22,24,25). The maximum Gasteiger partial charge on any atom is 0.426 e. The molecule has 10 heteroatoms. The number of aromatic nitrogens is 1. The topological polar surface area (TPSA) is 119 Å². The number of carbonyl (C=O) groups excluding carboxylic acids is 2. The van der Waals surface area contributed by atoms with Crippen LogP contribution >= 0.6 is 0 Å². The van der Waals surface area contributed by atoms with Crippen molar-refractivity contribution in [3.8, 4) is 5.75 Å². The van der Waals surface area contributed by atoms with E-state index >= 15 is 0 Å². The summed E-state index contributed by atoms with van der Waals surface area (Å²) in [7, 11) is 2.91. The van der Waals surface area contributed by atoms with Crippen LogP contribution in [0, 0.1) is 5.82 Å². The summed E-state index contributed by atoms with van der Waals surface area (Å²) in [5, 5.41) is 7.29. The number of amides is 1. The Balaban J connectivity index is 1.66. The number of piperidine rings is 1. The zero-order valence-corrected chi connectivity index (χ0v) is 16.8. The first-order valence-corrected chi connectivity index (χ1v) is 9.47. The quantitative estimate of drug-likeness (QED) is 0.612. The van der Waals surface area contributed by atoms with E-state index in [9.17, 15) is 14.0 Å². The normalized spacial score (nSPS) is 14.8. The van der Waals surface area contributed by atoms with Gasteiger partial charge in [-0.3, -0.25) is 4.79 Å². The lowest BCUT2D eigenvalue weighted by Crippen LogP contribution is -2.41. The summed E-state index contributed by atoms with van der Waals surface area (Å²) in [6.07, 6.45) is 0.977. The first kappa shape index (κ1) is 21.3. The molecule has 3 rings (SSSR count). The van der Waals surface area contributed by atoms with Crippen LogP contribution in [0.25, 0.3) is 0 Å². The second-order valence-electron chi connectivity index (χ2n) is 6.78. The van der Waals surface area contributed by atoms with Gasteiger partial charge in [-0.15, -0.1) is 5.06 Å². The van der Waals surface area contributed by atoms with Crippen molar-refractivity contribution in [2.24, 2.45) is 0 Å². The molecule has 1 saturated heterocycles. The van der Waals surface area contributed by atoms with Crippen molar-refractivity contribution in [1.82, 2.24) is 15.4 Å². The summed E-state index contributed by atoms with van der Waals surface area (Å²) >= 11 is 0. The van der Waals surface area contributed by atoms with Crippen molar-refractivity contribution in [3.05, 3.63) is 47.3 Å². The number of ether oxygens (including phenoxy) is 1. The molecule has 30 heavy (non-hydrogen) atoms. The molecule has 1 aliphatic heterocycles. The first-order chi connectivity index (χ1) is 14.4. The molecule has 4 N–H and O–H groups in total. The summed E-state index contributed by atoms with van der Waals surface area (Å²) in [5.74, 6) is -0.190. The van der Waals surface area contributed by atoms with Gasteiger partial charge < -0.3 is 25.9 Å². The molecular formula is C20H24FN5O4. The van der Waals surface area contributed by atoms with E-state index in [0.717, 1.165) is 18.9 Å². The van der Waals surface area contributed by atoms with Crippen LogP contribution in [0.5, 0.6) is 5.75 Å². The molecule has 0 radical (unpaired) electrons. The number of hydrogen-bond acceptors (Lipinski definition) is 8. The van der Waals surface area contributed by atoms with Crippen LogP contribution in [0.2, 0.25) is 0 Å². The van der Waals surface area contributed by atoms with Crippen molar-refractivity contribution in [1.29, 1.82) is 0 Å². The minimum Gasteiger partial charge on any atom is -0.496 e. The lowest BCUT2D eigenvalue weighted by molar-refractivity contribution is -0.111. The molecule has 0 atom stereocenters. The van der Waals surface area contributed by atoms with Gasteiger partial charge in [-0.1, -0.05) is 0 Å². The maximum atomic E-state index is 13.6. The number of hydrogen-bond donors (Lipinski definition) is 3. The Labute approximate surface area is 173 Å². The van der Waals surface area contributed by atoms with Gasteiger partial charge in [0.15, 0.2) is 0 Å². The van der Waals surface area contributed by atoms with E-state index in [1.165, 1.54) is 26.3 Å². The van der Waals surface area contributed by atoms with Gasteiger partial charge in [0.2, 0.25) is 5.78 Å². The highest BCUT2D eigenvalue weighted by molar-refractivity contribution is 6.13. The van der Waals surface area contributed by atoms with Crippen molar-refractivity contribution < 1.29 is 23.6 Å². The molecule has 1 aromatic heterocycles. The van der Waals surface area contributed by atoms with Crippen molar-refractivity contribution >= 4 is 23.5 Å². The number of rotatable bonds is 6. The van der Waals surface area contributed by atoms with E-state index in [1.54, 1.807) is 17.2 Å². The summed E-state index contributed by atoms with van der Waals surface area (Å²) in [6.45, 7) is 1.16. The number of anilines is 2. The van der Waals surface area contributed by atoms with Gasteiger partial charge in [0, 0.05) is 26.2 Å². The van der Waals surface area contributed by atoms with Crippen LogP contribution in [0.3, 0.4) is 0 Å². The highest BCUT2D eigenvalue weighted by atomic mass is 19.1. The van der Waals surface area contributed by atoms with Gasteiger partial charge in [-0.2, -0.15) is 0 Å². The number of nitrogens with one attached hydrogen (secondary N) is 2. The van der Waals surface area contributed by atoms with Crippen LogP contribution in [0.1, 0.15) is 28.8 Å². The van der Waals surface area contributed by atoms with Crippen LogP contribution in [0.4, 0.5) is 20.8 Å². The number of ketones is 1. The molecule has 9 nitrogen and oxygen atoms in total. The molecule has 0 saturated carbocycles. The van der Waals surface area contributed by atoms with Gasteiger partial charge in [-0.25, -0.2) is 14.2 Å². The lowest BCUT2D eigenvalue weighted by Gasteiger charge is -2.31. The monoisotopic (exact) mass is 417 g/mol. The Hall–Kier alpha value is -3.40. The highest BCUT2D eigenvalue weighted by Gasteiger charge is 2.23. The van der Waals surface area contributed by atoms with Crippen LogP contribution in [0.15, 0.2) is 30.3 Å². The smallest absolute Gasteiger partial charge is 0.426 e. The predicted octanol–water partition coefficient (Wildman–Crippen LogP) is 2.19. The summed E-state index contributed by atoms with van der Waals surface area (Å²) < 4.78 is 18.7. The lowest BCUT2D eigenvalue weighted by atomic mass is 10.0. The molecule has 160 valence electrons. The van der Waals surface area contributed by atoms with E-state index in [0.29, 0.717) is 18.9 Å². The summed E-state index contributed by atoms with van der Waals surface area (Å²) in [6, 6.07) is 7.05. The van der Waals surface area contributed by atoms with E-state index in [2.05, 4.69) is 15.6 Å². The number of methoxy groups -OCH3 is 1. The Kier molecular flexibility index (Phi) is 6.68. The number of halogens is 1. The zero-order chi connectivity index (χ0) is 21.7. The third-order valence-electron chi connectivity index (χ3n) is 4.80. The molecule has 2 aromatic rings. The molecule has 0 aliphatic carbocycles. The fourth-order valence-corrected chi connectivity index (χ4v) is 3.21. The zero-order valence-electron chi connectivity index (χ0n) is 16.8. The highest BCUT2D eigenvalue weighted by Crippen LogP contribution is 2.26. The fourth-order valence-electron chi connectivity index (χ4n) is 3.21. The molecule has 1 aliphatic rings. The molecule has 1 aromatic carbocycles. The van der Waals surface area contributed by atoms with E-state index in [1.807, 2.05) is 0 Å². The van der Waals surface area contributed by atoms with Crippen LogP contribution < -0.4 is 21.1 Å². The minimum atomic E-state index is -0.546. The van der Waals surface area contributed by atoms with Gasteiger partial charge in [0.25, 0.3) is 0 Å². The largest absolute Gasteiger partial charge is 0.496 e. The summed E-state index contributed by atoms with van der Waals surface area (Å²) in [5.41, 5.74) is 6.25. The molecule has 0 unspecified atom stereocenters. The van der Waals surface area contributed by atoms with Gasteiger partial charge >= 0.3 is 6.09 Å². The number of nitrogens with two attached hydrogens (primary N) is 1. The van der Waals surface area contributed by atoms with Crippen molar-refractivity contribution in [2.75, 3.05) is 38.3 Å². The van der Waals surface area contributed by atoms with Gasteiger partial charge in [0.1, 0.15) is 23.2 Å². The average molecular weight is 417 g/mol. The fraction of sp³-hybridized carbons (Fsp3) is 0.350. The van der Waals surface area contributed by atoms with Crippen LogP contribution in [-0.4, -0.2) is 55.2 Å².